The molecule has 2 aromatic heterocycles. The van der Waals surface area contributed by atoms with E-state index in [-0.39, 0.29) is 0 Å². The largest absolute Gasteiger partial charge is 0.357 e. The van der Waals surface area contributed by atoms with Crippen LogP contribution in [0, 0.1) is 0 Å². The molecule has 130 valence electrons. The predicted molar refractivity (Wildman–Crippen MR) is 108 cm³/mol. The summed E-state index contributed by atoms with van der Waals surface area (Å²) in [5, 5.41) is 11.9. The molecule has 0 aliphatic rings. The van der Waals surface area contributed by atoms with E-state index in [0.717, 1.165) is 41.7 Å². The lowest BCUT2D eigenvalue weighted by atomic mass is 10.2. The highest BCUT2D eigenvalue weighted by Crippen LogP contribution is 2.23. The quantitative estimate of drug-likeness (QED) is 0.485. The van der Waals surface area contributed by atoms with Crippen LogP contribution in [0.4, 0.5) is 0 Å². The first-order valence-electron chi connectivity index (χ1n) is 8.39. The van der Waals surface area contributed by atoms with Gasteiger partial charge in [-0.1, -0.05) is 36.4 Å². The minimum atomic E-state index is 0.581. The van der Waals surface area contributed by atoms with Crippen molar-refractivity contribution in [2.75, 3.05) is 13.1 Å². The smallest absolute Gasteiger partial charge is 0.191 e. The molecule has 0 saturated heterocycles. The van der Waals surface area contributed by atoms with Gasteiger partial charge in [0.2, 0.25) is 0 Å². The fourth-order valence-electron chi connectivity index (χ4n) is 2.35. The third kappa shape index (κ3) is 5.41. The number of rotatable bonds is 7. The lowest BCUT2D eigenvalue weighted by Gasteiger charge is -2.10. The minimum Gasteiger partial charge on any atom is -0.357 e. The minimum absolute atomic E-state index is 0.581. The Kier molecular flexibility index (Phi) is 6.59. The van der Waals surface area contributed by atoms with Crippen LogP contribution in [0.5, 0.6) is 0 Å². The molecule has 6 heteroatoms. The van der Waals surface area contributed by atoms with Crippen LogP contribution in [-0.4, -0.2) is 24.0 Å². The molecule has 0 aliphatic heterocycles. The van der Waals surface area contributed by atoms with E-state index in [4.69, 9.17) is 4.98 Å². The molecular weight excluding hydrogens is 348 g/mol. The monoisotopic (exact) mass is 370 g/mol. The van der Waals surface area contributed by atoms with Gasteiger partial charge in [-0.3, -0.25) is 0 Å². The molecular formula is C19H22N4S2. The SMILES string of the molecule is CCNC(=NCc1csc(-c2ccccc2)n1)NCCc1cccs1. The third-order valence-electron chi connectivity index (χ3n) is 3.56. The Morgan fingerprint density at radius 3 is 2.72 bits per heavy atom. The van der Waals surface area contributed by atoms with Crippen LogP contribution in [0.1, 0.15) is 17.5 Å². The fourth-order valence-corrected chi connectivity index (χ4v) is 3.88. The van der Waals surface area contributed by atoms with E-state index in [9.17, 15) is 0 Å². The second-order valence-corrected chi connectivity index (χ2v) is 7.35. The first kappa shape index (κ1) is 17.6. The van der Waals surface area contributed by atoms with Gasteiger partial charge in [-0.05, 0) is 24.8 Å². The molecule has 2 heterocycles. The summed E-state index contributed by atoms with van der Waals surface area (Å²) in [6, 6.07) is 14.5. The van der Waals surface area contributed by atoms with Gasteiger partial charge in [0.05, 0.1) is 12.2 Å². The van der Waals surface area contributed by atoms with E-state index in [0.29, 0.717) is 6.54 Å². The van der Waals surface area contributed by atoms with Crippen molar-refractivity contribution in [1.29, 1.82) is 0 Å². The van der Waals surface area contributed by atoms with E-state index in [1.54, 1.807) is 22.7 Å². The zero-order valence-corrected chi connectivity index (χ0v) is 15.9. The Hall–Kier alpha value is -2.18. The van der Waals surface area contributed by atoms with Gasteiger partial charge in [-0.25, -0.2) is 9.98 Å². The zero-order chi connectivity index (χ0) is 17.3. The molecule has 0 aliphatic carbocycles. The average Bonchev–Trinajstić information content (AvgIpc) is 3.32. The van der Waals surface area contributed by atoms with E-state index < -0.39 is 0 Å². The van der Waals surface area contributed by atoms with Crippen LogP contribution in [0.3, 0.4) is 0 Å². The van der Waals surface area contributed by atoms with Crippen molar-refractivity contribution in [3.8, 4) is 10.6 Å². The maximum absolute atomic E-state index is 4.69. The third-order valence-corrected chi connectivity index (χ3v) is 5.44. The number of aliphatic imine (C=N–C) groups is 1. The predicted octanol–water partition coefficient (Wildman–Crippen LogP) is 4.17. The van der Waals surface area contributed by atoms with Crippen LogP contribution < -0.4 is 10.6 Å². The van der Waals surface area contributed by atoms with E-state index in [1.807, 2.05) is 18.2 Å². The first-order valence-corrected chi connectivity index (χ1v) is 10.2. The number of nitrogens with one attached hydrogen (secondary N) is 2. The second kappa shape index (κ2) is 9.34. The van der Waals surface area contributed by atoms with E-state index >= 15 is 0 Å². The number of guanidine groups is 1. The van der Waals surface area contributed by atoms with Crippen LogP contribution in [0.2, 0.25) is 0 Å². The van der Waals surface area contributed by atoms with Crippen molar-refractivity contribution < 1.29 is 0 Å². The zero-order valence-electron chi connectivity index (χ0n) is 14.2. The van der Waals surface area contributed by atoms with Crippen LogP contribution >= 0.6 is 22.7 Å². The molecule has 25 heavy (non-hydrogen) atoms. The molecule has 4 nitrogen and oxygen atoms in total. The Morgan fingerprint density at radius 1 is 1.08 bits per heavy atom. The number of benzene rings is 1. The Bertz CT molecular complexity index is 779. The number of thiophene rings is 1. The topological polar surface area (TPSA) is 49.3 Å². The first-order chi connectivity index (χ1) is 12.3. The van der Waals surface area contributed by atoms with Gasteiger partial charge in [0, 0.05) is 28.9 Å². The summed E-state index contributed by atoms with van der Waals surface area (Å²) in [5.74, 6) is 0.841. The molecule has 3 aromatic rings. The standard InChI is InChI=1S/C19H22N4S2/c1-2-20-19(21-11-10-17-9-6-12-24-17)22-13-16-14-25-18(23-16)15-7-4-3-5-8-15/h3-9,12,14H,2,10-11,13H2,1H3,(H2,20,21,22). The van der Waals surface area contributed by atoms with Gasteiger partial charge < -0.3 is 10.6 Å². The van der Waals surface area contributed by atoms with Crippen molar-refractivity contribution in [3.63, 3.8) is 0 Å². The van der Waals surface area contributed by atoms with Crippen molar-refractivity contribution >= 4 is 28.6 Å². The Labute approximate surface area is 156 Å². The maximum atomic E-state index is 4.69. The highest BCUT2D eigenvalue weighted by Gasteiger charge is 2.04. The molecule has 1 aromatic carbocycles. The molecule has 0 unspecified atom stereocenters. The molecule has 0 amide bonds. The lowest BCUT2D eigenvalue weighted by molar-refractivity contribution is 0.802. The fraction of sp³-hybridized carbons (Fsp3) is 0.263. The molecule has 0 fully saturated rings. The summed E-state index contributed by atoms with van der Waals surface area (Å²) < 4.78 is 0. The number of hydrogen-bond donors (Lipinski definition) is 2. The number of hydrogen-bond acceptors (Lipinski definition) is 4. The van der Waals surface area contributed by atoms with E-state index in [1.165, 1.54) is 4.88 Å². The summed E-state index contributed by atoms with van der Waals surface area (Å²) in [6.45, 7) is 4.38. The molecule has 0 spiro atoms. The van der Waals surface area contributed by atoms with Gasteiger partial charge in [0.25, 0.3) is 0 Å². The summed E-state index contributed by atoms with van der Waals surface area (Å²) >= 11 is 3.45. The number of thiazole rings is 1. The van der Waals surface area contributed by atoms with Crippen LogP contribution in [-0.2, 0) is 13.0 Å². The molecule has 2 N–H and O–H groups in total. The highest BCUT2D eigenvalue weighted by atomic mass is 32.1. The Morgan fingerprint density at radius 2 is 1.96 bits per heavy atom. The normalized spacial score (nSPS) is 11.5. The van der Waals surface area contributed by atoms with Crippen molar-refractivity contribution in [3.05, 3.63) is 63.8 Å². The number of nitrogens with zero attached hydrogens (tertiary/aromatic N) is 2. The maximum Gasteiger partial charge on any atom is 0.191 e. The number of aromatic nitrogens is 1. The highest BCUT2D eigenvalue weighted by molar-refractivity contribution is 7.13. The molecule has 0 radical (unpaired) electrons. The van der Waals surface area contributed by atoms with Gasteiger partial charge in [0.1, 0.15) is 5.01 Å². The molecule has 0 saturated carbocycles. The van der Waals surface area contributed by atoms with Gasteiger partial charge in [-0.2, -0.15) is 0 Å². The average molecular weight is 371 g/mol. The molecule has 0 atom stereocenters. The summed E-state index contributed by atoms with van der Waals surface area (Å²) in [6.07, 6.45) is 1.01. The summed E-state index contributed by atoms with van der Waals surface area (Å²) in [5.41, 5.74) is 2.16. The van der Waals surface area contributed by atoms with Crippen LogP contribution in [0.25, 0.3) is 10.6 Å². The lowest BCUT2D eigenvalue weighted by Crippen LogP contribution is -2.38. The van der Waals surface area contributed by atoms with Gasteiger partial charge >= 0.3 is 0 Å². The summed E-state index contributed by atoms with van der Waals surface area (Å²) in [7, 11) is 0. The van der Waals surface area contributed by atoms with Crippen molar-refractivity contribution in [2.45, 2.75) is 19.9 Å². The van der Waals surface area contributed by atoms with E-state index in [2.05, 4.69) is 57.6 Å². The molecule has 3 rings (SSSR count). The van der Waals surface area contributed by atoms with Gasteiger partial charge in [-0.15, -0.1) is 22.7 Å². The van der Waals surface area contributed by atoms with Crippen molar-refractivity contribution in [2.24, 2.45) is 4.99 Å². The Balaban J connectivity index is 1.56. The van der Waals surface area contributed by atoms with Gasteiger partial charge in [0.15, 0.2) is 5.96 Å². The van der Waals surface area contributed by atoms with Crippen LogP contribution in [0.15, 0.2) is 58.2 Å². The second-order valence-electron chi connectivity index (χ2n) is 5.46. The summed E-state index contributed by atoms with van der Waals surface area (Å²) in [4.78, 5) is 10.7. The van der Waals surface area contributed by atoms with Crippen molar-refractivity contribution in [1.82, 2.24) is 15.6 Å². The molecule has 0 bridgehead atoms.